The lowest BCUT2D eigenvalue weighted by atomic mass is 10.2. The Morgan fingerprint density at radius 1 is 1.00 bits per heavy atom. The molecule has 0 saturated carbocycles. The summed E-state index contributed by atoms with van der Waals surface area (Å²) in [6.07, 6.45) is 1.90. The lowest BCUT2D eigenvalue weighted by Crippen LogP contribution is -2.20. The Balaban J connectivity index is 1.89. The number of nitrogens with one attached hydrogen (secondary N) is 1. The molecule has 0 heterocycles. The van der Waals surface area contributed by atoms with Gasteiger partial charge in [0.2, 0.25) is 0 Å². The second kappa shape index (κ2) is 8.83. The summed E-state index contributed by atoms with van der Waals surface area (Å²) in [7, 11) is 0. The molecule has 122 valence electrons. The molecule has 0 atom stereocenters. The zero-order chi connectivity index (χ0) is 16.5. The zero-order valence-corrected chi connectivity index (χ0v) is 13.7. The predicted molar refractivity (Wildman–Crippen MR) is 92.2 cm³/mol. The maximum Gasteiger partial charge on any atom is 0.262 e. The lowest BCUT2D eigenvalue weighted by Gasteiger charge is -2.12. The van der Waals surface area contributed by atoms with Crippen LogP contribution in [0.4, 0.5) is 5.69 Å². The largest absolute Gasteiger partial charge is 0.491 e. The van der Waals surface area contributed by atoms with Crippen LogP contribution in [0.2, 0.25) is 0 Å². The molecule has 0 bridgehead atoms. The molecule has 0 fully saturated rings. The van der Waals surface area contributed by atoms with Crippen LogP contribution in [0.25, 0.3) is 0 Å². The summed E-state index contributed by atoms with van der Waals surface area (Å²) < 4.78 is 11.1. The summed E-state index contributed by atoms with van der Waals surface area (Å²) in [4.78, 5) is 12.0. The summed E-state index contributed by atoms with van der Waals surface area (Å²) in [5.41, 5.74) is 1.90. The van der Waals surface area contributed by atoms with Crippen LogP contribution in [0.3, 0.4) is 0 Å². The number of hydrogen-bond donors (Lipinski definition) is 1. The maximum atomic E-state index is 12.0. The second-order valence-corrected chi connectivity index (χ2v) is 5.18. The molecule has 1 N–H and O–H groups in total. The minimum atomic E-state index is -0.211. The molecule has 4 heteroatoms. The van der Waals surface area contributed by atoms with Crippen LogP contribution in [-0.4, -0.2) is 19.1 Å². The smallest absolute Gasteiger partial charge is 0.262 e. The Kier molecular flexibility index (Phi) is 6.48. The SMILES string of the molecule is CCCOc1ccccc1NC(=O)COc1ccc(CC)cc1. The summed E-state index contributed by atoms with van der Waals surface area (Å²) in [6, 6.07) is 15.2. The Morgan fingerprint density at radius 3 is 2.43 bits per heavy atom. The van der Waals surface area contributed by atoms with E-state index >= 15 is 0 Å². The highest BCUT2D eigenvalue weighted by atomic mass is 16.5. The quantitative estimate of drug-likeness (QED) is 0.799. The van der Waals surface area contributed by atoms with Gasteiger partial charge in [-0.15, -0.1) is 0 Å². The highest BCUT2D eigenvalue weighted by Crippen LogP contribution is 2.23. The lowest BCUT2D eigenvalue weighted by molar-refractivity contribution is -0.118. The van der Waals surface area contributed by atoms with Gasteiger partial charge in [-0.3, -0.25) is 4.79 Å². The highest BCUT2D eigenvalue weighted by Gasteiger charge is 2.08. The van der Waals surface area contributed by atoms with Gasteiger partial charge in [0.15, 0.2) is 6.61 Å². The molecule has 4 nitrogen and oxygen atoms in total. The third-order valence-electron chi connectivity index (χ3n) is 3.32. The van der Waals surface area contributed by atoms with Gasteiger partial charge in [-0.1, -0.05) is 38.1 Å². The fourth-order valence-corrected chi connectivity index (χ4v) is 2.06. The van der Waals surface area contributed by atoms with Crippen LogP contribution in [0, 0.1) is 0 Å². The van der Waals surface area contributed by atoms with Gasteiger partial charge in [0.1, 0.15) is 11.5 Å². The van der Waals surface area contributed by atoms with Gasteiger partial charge in [0, 0.05) is 0 Å². The van der Waals surface area contributed by atoms with E-state index in [1.807, 2.05) is 55.5 Å². The molecule has 0 aliphatic carbocycles. The van der Waals surface area contributed by atoms with Crippen molar-refractivity contribution < 1.29 is 14.3 Å². The van der Waals surface area contributed by atoms with Gasteiger partial charge in [0.05, 0.1) is 12.3 Å². The van der Waals surface area contributed by atoms with Crippen molar-refractivity contribution in [2.75, 3.05) is 18.5 Å². The molecule has 2 aromatic carbocycles. The van der Waals surface area contributed by atoms with E-state index in [1.54, 1.807) is 0 Å². The number of rotatable bonds is 8. The third kappa shape index (κ3) is 5.33. The first-order valence-electron chi connectivity index (χ1n) is 7.96. The molecule has 0 aliphatic heterocycles. The van der Waals surface area contributed by atoms with E-state index in [0.717, 1.165) is 12.8 Å². The summed E-state index contributed by atoms with van der Waals surface area (Å²) in [6.45, 7) is 4.72. The van der Waals surface area contributed by atoms with Crippen LogP contribution < -0.4 is 14.8 Å². The molecule has 1 amide bonds. The first-order chi connectivity index (χ1) is 11.2. The van der Waals surface area contributed by atoms with Gasteiger partial charge in [0.25, 0.3) is 5.91 Å². The Bertz CT molecular complexity index is 623. The molecule has 2 aromatic rings. The molecule has 2 rings (SSSR count). The van der Waals surface area contributed by atoms with Gasteiger partial charge < -0.3 is 14.8 Å². The van der Waals surface area contributed by atoms with Crippen molar-refractivity contribution in [1.82, 2.24) is 0 Å². The van der Waals surface area contributed by atoms with Crippen LogP contribution in [0.1, 0.15) is 25.8 Å². The summed E-state index contributed by atoms with van der Waals surface area (Å²) >= 11 is 0. The molecule has 0 unspecified atom stereocenters. The Hall–Kier alpha value is -2.49. The zero-order valence-electron chi connectivity index (χ0n) is 13.7. The first kappa shape index (κ1) is 16.9. The van der Waals surface area contributed by atoms with E-state index in [1.165, 1.54) is 5.56 Å². The van der Waals surface area contributed by atoms with Crippen LogP contribution in [0.5, 0.6) is 11.5 Å². The number of para-hydroxylation sites is 2. The topological polar surface area (TPSA) is 47.6 Å². The maximum absolute atomic E-state index is 12.0. The molecule has 0 spiro atoms. The van der Waals surface area contributed by atoms with E-state index < -0.39 is 0 Å². The molecular formula is C19H23NO3. The molecule has 0 aliphatic rings. The van der Waals surface area contributed by atoms with Gasteiger partial charge in [-0.05, 0) is 42.7 Å². The van der Waals surface area contributed by atoms with E-state index in [-0.39, 0.29) is 12.5 Å². The fourth-order valence-electron chi connectivity index (χ4n) is 2.06. The van der Waals surface area contributed by atoms with Gasteiger partial charge in [-0.2, -0.15) is 0 Å². The minimum Gasteiger partial charge on any atom is -0.491 e. The normalized spacial score (nSPS) is 10.2. The average Bonchev–Trinajstić information content (AvgIpc) is 2.59. The van der Waals surface area contributed by atoms with Crippen molar-refractivity contribution in [3.63, 3.8) is 0 Å². The van der Waals surface area contributed by atoms with Crippen molar-refractivity contribution in [2.45, 2.75) is 26.7 Å². The van der Waals surface area contributed by atoms with E-state index in [9.17, 15) is 4.79 Å². The molecule has 0 saturated heterocycles. The van der Waals surface area contributed by atoms with Crippen molar-refractivity contribution in [2.24, 2.45) is 0 Å². The standard InChI is InChI=1S/C19H23NO3/c1-3-13-22-18-8-6-5-7-17(18)20-19(21)14-23-16-11-9-15(4-2)10-12-16/h5-12H,3-4,13-14H2,1-2H3,(H,20,21). The molecule has 0 radical (unpaired) electrons. The van der Waals surface area contributed by atoms with Gasteiger partial charge >= 0.3 is 0 Å². The minimum absolute atomic E-state index is 0.0341. The predicted octanol–water partition coefficient (Wildman–Crippen LogP) is 4.06. The van der Waals surface area contributed by atoms with E-state index in [2.05, 4.69) is 12.2 Å². The van der Waals surface area contributed by atoms with E-state index in [0.29, 0.717) is 23.8 Å². The van der Waals surface area contributed by atoms with Crippen molar-refractivity contribution in [1.29, 1.82) is 0 Å². The van der Waals surface area contributed by atoms with Crippen molar-refractivity contribution >= 4 is 11.6 Å². The summed E-state index contributed by atoms with van der Waals surface area (Å²) in [5.74, 6) is 1.15. The highest BCUT2D eigenvalue weighted by molar-refractivity contribution is 5.93. The van der Waals surface area contributed by atoms with Crippen molar-refractivity contribution in [3.05, 3.63) is 54.1 Å². The van der Waals surface area contributed by atoms with Crippen molar-refractivity contribution in [3.8, 4) is 11.5 Å². The summed E-state index contributed by atoms with van der Waals surface area (Å²) in [5, 5.41) is 2.82. The van der Waals surface area contributed by atoms with E-state index in [4.69, 9.17) is 9.47 Å². The third-order valence-corrected chi connectivity index (χ3v) is 3.32. The number of hydrogen-bond acceptors (Lipinski definition) is 3. The monoisotopic (exact) mass is 313 g/mol. The number of aryl methyl sites for hydroxylation is 1. The van der Waals surface area contributed by atoms with Gasteiger partial charge in [-0.25, -0.2) is 0 Å². The number of carbonyl (C=O) groups excluding carboxylic acids is 1. The van der Waals surface area contributed by atoms with Crippen LogP contribution >= 0.6 is 0 Å². The number of benzene rings is 2. The Labute approximate surface area is 137 Å². The number of anilines is 1. The average molecular weight is 313 g/mol. The Morgan fingerprint density at radius 2 is 1.74 bits per heavy atom. The van der Waals surface area contributed by atoms with Crippen LogP contribution in [-0.2, 0) is 11.2 Å². The number of carbonyl (C=O) groups is 1. The number of ether oxygens (including phenoxy) is 2. The number of amides is 1. The molecule has 23 heavy (non-hydrogen) atoms. The fraction of sp³-hybridized carbons (Fsp3) is 0.316. The first-order valence-corrected chi connectivity index (χ1v) is 7.96. The molecular weight excluding hydrogens is 290 g/mol. The van der Waals surface area contributed by atoms with Crippen LogP contribution in [0.15, 0.2) is 48.5 Å². The molecule has 0 aromatic heterocycles. The second-order valence-electron chi connectivity index (χ2n) is 5.18.